The van der Waals surface area contributed by atoms with E-state index in [9.17, 15) is 9.59 Å². The molecule has 0 aromatic heterocycles. The number of para-hydroxylation sites is 1. The van der Waals surface area contributed by atoms with Crippen LogP contribution in [0.15, 0.2) is 48.5 Å². The first-order valence-corrected chi connectivity index (χ1v) is 12.0. The van der Waals surface area contributed by atoms with Crippen LogP contribution in [0.3, 0.4) is 0 Å². The fourth-order valence-corrected chi connectivity index (χ4v) is 4.86. The maximum Gasteiger partial charge on any atom is 0.256 e. The lowest BCUT2D eigenvalue weighted by Crippen LogP contribution is -2.62. The molecule has 6 nitrogen and oxygen atoms in total. The van der Waals surface area contributed by atoms with Gasteiger partial charge in [-0.3, -0.25) is 9.59 Å². The summed E-state index contributed by atoms with van der Waals surface area (Å²) in [5.41, 5.74) is 1.82. The number of likely N-dealkylation sites (N-methyl/N-ethyl adjacent to an activating group) is 1. The summed E-state index contributed by atoms with van der Waals surface area (Å²) < 4.78 is 12.3. The van der Waals surface area contributed by atoms with E-state index in [1.165, 1.54) is 5.56 Å². The summed E-state index contributed by atoms with van der Waals surface area (Å²) in [5, 5.41) is 0. The smallest absolute Gasteiger partial charge is 0.256 e. The minimum atomic E-state index is -1.01. The Kier molecular flexibility index (Phi) is 7.33. The number of aryl methyl sites for hydroxylation is 2. The summed E-state index contributed by atoms with van der Waals surface area (Å²) in [6, 6.07) is 15.8. The number of carbonyl (C=O) groups excluding carboxylic acids is 2. The molecule has 2 aromatic carbocycles. The Labute approximate surface area is 196 Å². The van der Waals surface area contributed by atoms with Crippen LogP contribution in [0.5, 0.6) is 5.75 Å². The molecule has 2 heterocycles. The SMILES string of the molecule is CCN1CCOc2ccccc2CCCCC2(CN(C(=O)c3ccccc3C)CCO2)C1=O. The summed E-state index contributed by atoms with van der Waals surface area (Å²) in [7, 11) is 0. The monoisotopic (exact) mass is 450 g/mol. The minimum Gasteiger partial charge on any atom is -0.491 e. The van der Waals surface area contributed by atoms with Crippen molar-refractivity contribution in [1.82, 2.24) is 9.80 Å². The molecule has 6 heteroatoms. The molecule has 1 fully saturated rings. The fourth-order valence-electron chi connectivity index (χ4n) is 4.86. The number of nitrogens with zero attached hydrogens (tertiary/aromatic N) is 2. The van der Waals surface area contributed by atoms with Crippen molar-refractivity contribution < 1.29 is 19.1 Å². The van der Waals surface area contributed by atoms with Gasteiger partial charge in [-0.15, -0.1) is 0 Å². The van der Waals surface area contributed by atoms with Gasteiger partial charge in [0.05, 0.1) is 19.7 Å². The van der Waals surface area contributed by atoms with Crippen LogP contribution in [0.1, 0.15) is 47.7 Å². The molecule has 1 spiro atoms. The van der Waals surface area contributed by atoms with Crippen molar-refractivity contribution in [1.29, 1.82) is 0 Å². The molecule has 1 saturated heterocycles. The standard InChI is InChI=1S/C27H34N2O4/c1-3-28-16-18-32-24-14-7-5-11-22(24)12-8-9-15-27(26(28)31)20-29(17-19-33-27)25(30)23-13-6-4-10-21(23)2/h4-7,10-11,13-14H,3,8-9,12,15-20H2,1-2H3. The van der Waals surface area contributed by atoms with Crippen molar-refractivity contribution in [3.8, 4) is 5.75 Å². The number of amides is 2. The molecule has 2 aromatic rings. The lowest BCUT2D eigenvalue weighted by Gasteiger charge is -2.44. The third kappa shape index (κ3) is 5.06. The maximum absolute atomic E-state index is 13.8. The van der Waals surface area contributed by atoms with Gasteiger partial charge < -0.3 is 19.3 Å². The highest BCUT2D eigenvalue weighted by Crippen LogP contribution is 2.30. The van der Waals surface area contributed by atoms with Crippen molar-refractivity contribution >= 4 is 11.8 Å². The summed E-state index contributed by atoms with van der Waals surface area (Å²) in [4.78, 5) is 30.8. The Balaban J connectivity index is 1.58. The second-order valence-electron chi connectivity index (χ2n) is 8.93. The van der Waals surface area contributed by atoms with Crippen LogP contribution >= 0.6 is 0 Å². The fraction of sp³-hybridized carbons (Fsp3) is 0.481. The van der Waals surface area contributed by atoms with Crippen LogP contribution in [0.2, 0.25) is 0 Å². The highest BCUT2D eigenvalue weighted by molar-refractivity contribution is 5.96. The molecule has 2 aliphatic heterocycles. The first-order valence-electron chi connectivity index (χ1n) is 12.0. The van der Waals surface area contributed by atoms with Crippen LogP contribution in [0.4, 0.5) is 0 Å². The number of fused-ring (bicyclic) bond motifs is 1. The van der Waals surface area contributed by atoms with Gasteiger partial charge in [-0.2, -0.15) is 0 Å². The topological polar surface area (TPSA) is 59.1 Å². The van der Waals surface area contributed by atoms with E-state index in [4.69, 9.17) is 9.47 Å². The number of carbonyl (C=O) groups is 2. The van der Waals surface area contributed by atoms with Crippen LogP contribution in [-0.2, 0) is 16.0 Å². The number of rotatable bonds is 2. The van der Waals surface area contributed by atoms with E-state index in [0.717, 1.165) is 30.6 Å². The van der Waals surface area contributed by atoms with Crippen molar-refractivity contribution in [2.45, 2.75) is 45.1 Å². The number of benzene rings is 2. The first-order chi connectivity index (χ1) is 16.0. The average molecular weight is 451 g/mol. The van der Waals surface area contributed by atoms with E-state index < -0.39 is 5.60 Å². The summed E-state index contributed by atoms with van der Waals surface area (Å²) >= 11 is 0. The van der Waals surface area contributed by atoms with E-state index in [1.807, 2.05) is 61.2 Å². The number of ether oxygens (including phenoxy) is 2. The van der Waals surface area contributed by atoms with Crippen LogP contribution < -0.4 is 4.74 Å². The van der Waals surface area contributed by atoms with Crippen molar-refractivity contribution in [3.63, 3.8) is 0 Å². The Bertz CT molecular complexity index is 992. The molecule has 1 atom stereocenters. The molecular weight excluding hydrogens is 416 g/mol. The average Bonchev–Trinajstić information content (AvgIpc) is 2.84. The van der Waals surface area contributed by atoms with E-state index >= 15 is 0 Å². The lowest BCUT2D eigenvalue weighted by molar-refractivity contribution is -0.170. The van der Waals surface area contributed by atoms with E-state index in [-0.39, 0.29) is 18.4 Å². The normalized spacial score (nSPS) is 22.2. The Morgan fingerprint density at radius 1 is 1.03 bits per heavy atom. The summed E-state index contributed by atoms with van der Waals surface area (Å²) in [6.45, 7) is 6.55. The zero-order valence-corrected chi connectivity index (χ0v) is 19.7. The predicted octanol–water partition coefficient (Wildman–Crippen LogP) is 3.86. The van der Waals surface area contributed by atoms with Gasteiger partial charge in [0.15, 0.2) is 5.60 Å². The third-order valence-corrected chi connectivity index (χ3v) is 6.78. The van der Waals surface area contributed by atoms with Crippen molar-refractivity contribution in [3.05, 3.63) is 65.2 Å². The van der Waals surface area contributed by atoms with Gasteiger partial charge >= 0.3 is 0 Å². The number of hydrogen-bond donors (Lipinski definition) is 0. The minimum absolute atomic E-state index is 0.0324. The maximum atomic E-state index is 13.8. The molecule has 0 saturated carbocycles. The zero-order chi connectivity index (χ0) is 23.3. The molecule has 0 bridgehead atoms. The number of hydrogen-bond acceptors (Lipinski definition) is 4. The summed E-state index contributed by atoms with van der Waals surface area (Å²) in [5.74, 6) is 0.833. The van der Waals surface area contributed by atoms with Gasteiger partial charge in [-0.25, -0.2) is 0 Å². The Hall–Kier alpha value is -2.86. The molecule has 4 rings (SSSR count). The Morgan fingerprint density at radius 2 is 1.82 bits per heavy atom. The first kappa shape index (κ1) is 23.3. The van der Waals surface area contributed by atoms with E-state index in [0.29, 0.717) is 44.8 Å². The van der Waals surface area contributed by atoms with Gasteiger partial charge in [0.1, 0.15) is 12.4 Å². The Morgan fingerprint density at radius 3 is 2.64 bits per heavy atom. The number of morpholine rings is 1. The molecule has 2 aliphatic rings. The molecule has 0 N–H and O–H groups in total. The molecular formula is C27H34N2O4. The van der Waals surface area contributed by atoms with Crippen LogP contribution in [-0.4, -0.2) is 66.6 Å². The quantitative estimate of drug-likeness (QED) is 0.697. The van der Waals surface area contributed by atoms with Gasteiger partial charge in [-0.05, 0) is 62.8 Å². The highest BCUT2D eigenvalue weighted by atomic mass is 16.5. The molecule has 1 unspecified atom stereocenters. The van der Waals surface area contributed by atoms with E-state index in [2.05, 4.69) is 6.07 Å². The van der Waals surface area contributed by atoms with Crippen LogP contribution in [0.25, 0.3) is 0 Å². The van der Waals surface area contributed by atoms with Crippen molar-refractivity contribution in [2.24, 2.45) is 0 Å². The van der Waals surface area contributed by atoms with Crippen molar-refractivity contribution in [2.75, 3.05) is 39.4 Å². The molecule has 0 radical (unpaired) electrons. The van der Waals surface area contributed by atoms with E-state index in [1.54, 1.807) is 4.90 Å². The second kappa shape index (κ2) is 10.4. The van der Waals surface area contributed by atoms with Gasteiger partial charge in [0.25, 0.3) is 11.8 Å². The van der Waals surface area contributed by atoms with Gasteiger partial charge in [-0.1, -0.05) is 36.4 Å². The predicted molar refractivity (Wildman–Crippen MR) is 128 cm³/mol. The highest BCUT2D eigenvalue weighted by Gasteiger charge is 2.46. The zero-order valence-electron chi connectivity index (χ0n) is 19.7. The molecule has 2 amide bonds. The lowest BCUT2D eigenvalue weighted by atomic mass is 9.90. The van der Waals surface area contributed by atoms with Crippen LogP contribution in [0, 0.1) is 6.92 Å². The molecule has 33 heavy (non-hydrogen) atoms. The third-order valence-electron chi connectivity index (χ3n) is 6.78. The molecule has 176 valence electrons. The van der Waals surface area contributed by atoms with Gasteiger partial charge in [0.2, 0.25) is 0 Å². The molecule has 0 aliphatic carbocycles. The summed E-state index contributed by atoms with van der Waals surface area (Å²) in [6.07, 6.45) is 3.26. The second-order valence-corrected chi connectivity index (χ2v) is 8.93. The van der Waals surface area contributed by atoms with Gasteiger partial charge in [0, 0.05) is 18.7 Å². The largest absolute Gasteiger partial charge is 0.491 e.